The predicted molar refractivity (Wildman–Crippen MR) is 316 cm³/mol. The highest BCUT2D eigenvalue weighted by Crippen LogP contribution is 2.42. The van der Waals surface area contributed by atoms with Gasteiger partial charge in [-0.05, 0) is 134 Å². The van der Waals surface area contributed by atoms with E-state index in [2.05, 4.69) is 195 Å². The summed E-state index contributed by atoms with van der Waals surface area (Å²) in [7, 11) is 0. The van der Waals surface area contributed by atoms with Crippen molar-refractivity contribution in [2.24, 2.45) is 0 Å². The number of allylic oxidation sites excluding steroid dienone is 19. The zero-order valence-electron chi connectivity index (χ0n) is 44.8. The van der Waals surface area contributed by atoms with Crippen LogP contribution < -0.4 is 0 Å². The maximum atomic E-state index is 5.35. The molecule has 1 unspecified atom stereocenters. The number of hydrogen-bond acceptors (Lipinski definition) is 1. The third-order valence-corrected chi connectivity index (χ3v) is 12.2. The molecule has 1 aliphatic rings. The van der Waals surface area contributed by atoms with Crippen LogP contribution in [0.2, 0.25) is 0 Å². The van der Waals surface area contributed by atoms with E-state index < -0.39 is 0 Å². The lowest BCUT2D eigenvalue weighted by molar-refractivity contribution is 0.787. The summed E-state index contributed by atoms with van der Waals surface area (Å²) in [5.74, 6) is 3.92. The van der Waals surface area contributed by atoms with Crippen molar-refractivity contribution in [2.75, 3.05) is 5.75 Å². The number of hydrogen-bond donors (Lipinski definition) is 0. The fourth-order valence-corrected chi connectivity index (χ4v) is 8.74. The highest BCUT2D eigenvalue weighted by atomic mass is 32.2. The first-order chi connectivity index (χ1) is 33.1. The molecule has 364 valence electrons. The average molecular weight is 928 g/mol. The molecule has 0 nitrogen and oxygen atoms in total. The minimum absolute atomic E-state index is 0.368. The van der Waals surface area contributed by atoms with Crippen LogP contribution in [0.15, 0.2) is 199 Å². The molecule has 0 amide bonds. The Hall–Kier alpha value is -5.55. The quantitative estimate of drug-likeness (QED) is 0.0853. The number of fused-ring (bicyclic) bond motifs is 1. The summed E-state index contributed by atoms with van der Waals surface area (Å²) < 4.78 is 0. The van der Waals surface area contributed by atoms with Gasteiger partial charge in [0.2, 0.25) is 0 Å². The summed E-state index contributed by atoms with van der Waals surface area (Å²) in [5, 5.41) is 0. The molecule has 1 atom stereocenters. The van der Waals surface area contributed by atoms with Gasteiger partial charge < -0.3 is 0 Å². The molecule has 0 aliphatic carbocycles. The lowest BCUT2D eigenvalue weighted by Gasteiger charge is -2.22. The van der Waals surface area contributed by atoms with Gasteiger partial charge in [-0.2, -0.15) is 0 Å². The Balaban J connectivity index is 0.00000113. The van der Waals surface area contributed by atoms with Crippen molar-refractivity contribution < 1.29 is 0 Å². The number of thioether (sulfide) groups is 1. The fraction of sp³-hybridized carbons (Fsp3) is 0.343. The van der Waals surface area contributed by atoms with E-state index in [-0.39, 0.29) is 0 Å². The van der Waals surface area contributed by atoms with Gasteiger partial charge in [0, 0.05) is 16.6 Å². The van der Waals surface area contributed by atoms with Crippen molar-refractivity contribution in [3.05, 3.63) is 228 Å². The first kappa shape index (κ1) is 62.4. The summed E-state index contributed by atoms with van der Waals surface area (Å²) in [6.07, 6.45) is 42.7. The van der Waals surface area contributed by atoms with Crippen LogP contribution in [-0.4, -0.2) is 5.75 Å². The summed E-state index contributed by atoms with van der Waals surface area (Å²) in [5.41, 5.74) is 16.5. The van der Waals surface area contributed by atoms with Crippen LogP contribution in [-0.2, 0) is 12.8 Å². The summed E-state index contributed by atoms with van der Waals surface area (Å²) in [6, 6.07) is 24.3. The summed E-state index contributed by atoms with van der Waals surface area (Å²) in [4.78, 5) is 1.36. The van der Waals surface area contributed by atoms with Crippen LogP contribution in [0.3, 0.4) is 0 Å². The molecule has 1 heteroatoms. The molecule has 1 heterocycles. The van der Waals surface area contributed by atoms with Gasteiger partial charge in [0.05, 0.1) is 0 Å². The zero-order valence-corrected chi connectivity index (χ0v) is 45.6. The molecule has 0 saturated carbocycles. The maximum absolute atomic E-state index is 5.35. The summed E-state index contributed by atoms with van der Waals surface area (Å²) >= 11 is 1.93. The third-order valence-electron chi connectivity index (χ3n) is 11.1. The van der Waals surface area contributed by atoms with E-state index in [0.29, 0.717) is 5.92 Å². The van der Waals surface area contributed by atoms with E-state index >= 15 is 0 Å². The average Bonchev–Trinajstić information content (AvgIpc) is 3.46. The van der Waals surface area contributed by atoms with Crippen LogP contribution >= 0.6 is 11.8 Å². The Labute approximate surface area is 423 Å². The smallest absolute Gasteiger partial charge is 0.0192 e. The topological polar surface area (TPSA) is 0 Å². The van der Waals surface area contributed by atoms with E-state index in [1.165, 1.54) is 79.0 Å². The molecule has 0 aromatic heterocycles. The standard InChI is InChI=1S/C33H38S.C22H26.C8H14.2C2H6/c1-7-10-16-30(25(6)29-17-12-11-15-28(29)14-8-2)32-19-13-18-31-26(9-3)20-21-27(24(4)5)22-23-34-33(31)32;1-5-11-19(8-4)14-9-15-20-16-10-17-22(18-20)21(12-6-2)13-7-3;1-4-7-8(5-2)6-3;2*1-2/h7,10-13,15-22,26H,4,6,8-9,14,23H2,1-3,5H3;1,6-7,10-13,16-18H,2,8-9,14-15H2,3-4H3;5-6H,2,4,7H2,1,3H3;2*1-2H3/b10-7-,21-20-,27-22+,30-16+;13-7-,19-11-,21-12+;8-6-;;. The number of rotatable bonds is 19. The first-order valence-corrected chi connectivity index (χ1v) is 26.5. The van der Waals surface area contributed by atoms with Crippen molar-refractivity contribution in [1.29, 1.82) is 0 Å². The molecule has 0 bridgehead atoms. The molecular weight excluding hydrogens is 837 g/mol. The van der Waals surface area contributed by atoms with E-state index in [4.69, 9.17) is 6.42 Å². The second kappa shape index (κ2) is 39.4. The molecule has 3 aromatic carbocycles. The van der Waals surface area contributed by atoms with Crippen molar-refractivity contribution in [1.82, 2.24) is 0 Å². The normalized spacial score (nSPS) is 15.0. The van der Waals surface area contributed by atoms with Gasteiger partial charge in [-0.3, -0.25) is 0 Å². The maximum Gasteiger partial charge on any atom is 0.0192 e. The molecule has 4 rings (SSSR count). The fourth-order valence-electron chi connectivity index (χ4n) is 7.59. The van der Waals surface area contributed by atoms with Crippen molar-refractivity contribution >= 4 is 28.5 Å². The number of benzene rings is 3. The highest BCUT2D eigenvalue weighted by Gasteiger charge is 2.20. The molecule has 0 N–H and O–H groups in total. The SMILES string of the molecule is C#C/C=C(/CC)CCCc1cccc(C(/C=C\C)=C/C=C)c1.C=C(C)C1=C/CSc2c(/C(=C/C=C\C)C(=C)c3ccccc3CCC)cccc2C(CC)/C=C\1.C=C/C(=C/C)CCC.CC.CC. The zero-order chi connectivity index (χ0) is 51.1. The van der Waals surface area contributed by atoms with Gasteiger partial charge in [0.15, 0.2) is 0 Å². The Morgan fingerprint density at radius 2 is 1.53 bits per heavy atom. The van der Waals surface area contributed by atoms with Gasteiger partial charge >= 0.3 is 0 Å². The van der Waals surface area contributed by atoms with Crippen LogP contribution in [0.1, 0.15) is 167 Å². The molecule has 1 aliphatic heterocycles. The molecule has 0 saturated heterocycles. The van der Waals surface area contributed by atoms with Crippen molar-refractivity contribution in [3.63, 3.8) is 0 Å². The molecule has 0 radical (unpaired) electrons. The van der Waals surface area contributed by atoms with Crippen LogP contribution in [0.4, 0.5) is 0 Å². The monoisotopic (exact) mass is 927 g/mol. The van der Waals surface area contributed by atoms with Gasteiger partial charge in [-0.15, -0.1) is 18.2 Å². The van der Waals surface area contributed by atoms with E-state index in [1.807, 2.05) is 77.6 Å². The highest BCUT2D eigenvalue weighted by molar-refractivity contribution is 7.99. The predicted octanol–water partition coefficient (Wildman–Crippen LogP) is 21.1. The molecule has 3 aromatic rings. The lowest BCUT2D eigenvalue weighted by Crippen LogP contribution is -2.02. The summed E-state index contributed by atoms with van der Waals surface area (Å²) in [6.45, 7) is 41.4. The first-order valence-electron chi connectivity index (χ1n) is 25.5. The molecule has 0 spiro atoms. The Morgan fingerprint density at radius 1 is 0.824 bits per heavy atom. The van der Waals surface area contributed by atoms with Gasteiger partial charge in [-0.25, -0.2) is 0 Å². The Bertz CT molecular complexity index is 2260. The largest absolute Gasteiger partial charge is 0.121 e. The van der Waals surface area contributed by atoms with Crippen LogP contribution in [0.5, 0.6) is 0 Å². The molecule has 68 heavy (non-hydrogen) atoms. The lowest BCUT2D eigenvalue weighted by atomic mass is 9.86. The Morgan fingerprint density at radius 3 is 2.10 bits per heavy atom. The van der Waals surface area contributed by atoms with Crippen molar-refractivity contribution in [2.45, 2.75) is 152 Å². The van der Waals surface area contributed by atoms with Gasteiger partial charge in [0.1, 0.15) is 0 Å². The van der Waals surface area contributed by atoms with Crippen LogP contribution in [0.25, 0.3) is 16.7 Å². The second-order valence-electron chi connectivity index (χ2n) is 15.9. The minimum atomic E-state index is 0.368. The number of aryl methyl sites for hydroxylation is 2. The van der Waals surface area contributed by atoms with Gasteiger partial charge in [-0.1, -0.05) is 257 Å². The molecule has 0 fully saturated rings. The van der Waals surface area contributed by atoms with E-state index in [9.17, 15) is 0 Å². The second-order valence-corrected chi connectivity index (χ2v) is 16.9. The van der Waals surface area contributed by atoms with E-state index in [1.54, 1.807) is 0 Å². The van der Waals surface area contributed by atoms with Gasteiger partial charge in [0.25, 0.3) is 0 Å². The third kappa shape index (κ3) is 22.5. The van der Waals surface area contributed by atoms with Crippen LogP contribution in [0, 0.1) is 12.3 Å². The number of terminal acetylenes is 1. The minimum Gasteiger partial charge on any atom is -0.121 e. The van der Waals surface area contributed by atoms with E-state index in [0.717, 1.165) is 61.8 Å². The Kier molecular flexibility index (Phi) is 36.2. The van der Waals surface area contributed by atoms with Crippen molar-refractivity contribution in [3.8, 4) is 12.3 Å². The molecular formula is C67H90S.